The standard InChI is InChI=1S/C37H53F3N6O3S2/c1-51(48,49)44-22-15-33-30(26-44)36(41-46(33)19-6-16-42-20-13-29(14-21-42)45-18-5-10-35(45)47)28-11-12-31(37(38,39)40)34(25-28)50-24-23-43-17-4-8-27-7-2-3-9-32(27)43/h11-12,25,27,29,32H,2-10,13-24,26H2,1H3. The summed E-state index contributed by atoms with van der Waals surface area (Å²) in [5.41, 5.74) is 2.30. The fraction of sp³-hybridized carbons (Fsp3) is 0.730. The van der Waals surface area contributed by atoms with Crippen molar-refractivity contribution >= 4 is 27.7 Å². The molecule has 1 amide bonds. The lowest BCUT2D eigenvalue weighted by molar-refractivity contribution is -0.139. The number of carbonyl (C=O) groups excluding carboxylic acids is 1. The normalized spacial score (nSPS) is 24.6. The van der Waals surface area contributed by atoms with Crippen molar-refractivity contribution in [2.45, 2.75) is 113 Å². The van der Waals surface area contributed by atoms with Crippen LogP contribution in [0.3, 0.4) is 0 Å². The maximum atomic E-state index is 14.3. The molecular weight excluding hydrogens is 698 g/mol. The molecule has 1 aromatic carbocycles. The van der Waals surface area contributed by atoms with Crippen LogP contribution in [0.25, 0.3) is 11.3 Å². The van der Waals surface area contributed by atoms with E-state index >= 15 is 0 Å². The van der Waals surface area contributed by atoms with Gasteiger partial charge in [0.15, 0.2) is 0 Å². The van der Waals surface area contributed by atoms with Gasteiger partial charge >= 0.3 is 6.18 Å². The first kappa shape index (κ1) is 37.2. The molecule has 0 radical (unpaired) electrons. The van der Waals surface area contributed by atoms with Gasteiger partial charge in [-0.15, -0.1) is 11.8 Å². The fourth-order valence-electron chi connectivity index (χ4n) is 9.42. The van der Waals surface area contributed by atoms with E-state index in [4.69, 9.17) is 5.10 Å². The van der Waals surface area contributed by atoms with Crippen LogP contribution in [0.5, 0.6) is 0 Å². The highest BCUT2D eigenvalue weighted by Crippen LogP contribution is 2.41. The summed E-state index contributed by atoms with van der Waals surface area (Å²) < 4.78 is 71.6. The van der Waals surface area contributed by atoms with Gasteiger partial charge in [0.1, 0.15) is 0 Å². The molecule has 2 aromatic rings. The highest BCUT2D eigenvalue weighted by molar-refractivity contribution is 7.99. The highest BCUT2D eigenvalue weighted by atomic mass is 32.2. The minimum atomic E-state index is -4.48. The van der Waals surface area contributed by atoms with Gasteiger partial charge in [-0.2, -0.15) is 22.6 Å². The molecule has 2 unspecified atom stereocenters. The summed E-state index contributed by atoms with van der Waals surface area (Å²) in [6.07, 6.45) is 9.09. The minimum absolute atomic E-state index is 0.160. The molecule has 0 spiro atoms. The number of sulfonamides is 1. The van der Waals surface area contributed by atoms with E-state index in [1.54, 1.807) is 6.07 Å². The molecule has 3 saturated heterocycles. The van der Waals surface area contributed by atoms with Gasteiger partial charge in [0, 0.05) is 98.2 Å². The summed E-state index contributed by atoms with van der Waals surface area (Å²) in [5, 5.41) is 5.00. The number of aryl methyl sites for hydroxylation is 1. The number of amides is 1. The SMILES string of the molecule is CS(=O)(=O)N1CCc2c(c(-c3ccc(C(F)(F)F)c(SCCN4CCCC5CCCCC54)c3)nn2CCCN2CCC(N3CCCC3=O)CC2)C1. The Hall–Kier alpha value is -2.13. The zero-order chi connectivity index (χ0) is 35.8. The Bertz CT molecular complexity index is 1660. The Balaban J connectivity index is 1.07. The largest absolute Gasteiger partial charge is 0.417 e. The van der Waals surface area contributed by atoms with Gasteiger partial charge in [0.2, 0.25) is 15.9 Å². The summed E-state index contributed by atoms with van der Waals surface area (Å²) >= 11 is 1.27. The van der Waals surface area contributed by atoms with Crippen molar-refractivity contribution < 1.29 is 26.4 Å². The Morgan fingerprint density at radius 3 is 2.43 bits per heavy atom. The van der Waals surface area contributed by atoms with Crippen molar-refractivity contribution in [1.82, 2.24) is 28.8 Å². The smallest absolute Gasteiger partial charge is 0.340 e. The molecule has 5 aliphatic rings. The number of benzene rings is 1. The zero-order valence-corrected chi connectivity index (χ0v) is 31.5. The van der Waals surface area contributed by atoms with Crippen LogP contribution in [0, 0.1) is 5.92 Å². The van der Waals surface area contributed by atoms with Crippen LogP contribution in [-0.2, 0) is 40.5 Å². The van der Waals surface area contributed by atoms with Gasteiger partial charge < -0.3 is 9.80 Å². The number of piperidine rings is 2. The number of thioether (sulfide) groups is 1. The van der Waals surface area contributed by atoms with E-state index in [1.165, 1.54) is 66.6 Å². The lowest BCUT2D eigenvalue weighted by Gasteiger charge is -2.44. The Morgan fingerprint density at radius 1 is 0.902 bits per heavy atom. The van der Waals surface area contributed by atoms with Crippen LogP contribution in [0.4, 0.5) is 13.2 Å². The predicted molar refractivity (Wildman–Crippen MR) is 194 cm³/mol. The second-order valence-electron chi connectivity index (χ2n) is 15.3. The third kappa shape index (κ3) is 8.50. The van der Waals surface area contributed by atoms with E-state index < -0.39 is 21.8 Å². The van der Waals surface area contributed by atoms with Gasteiger partial charge in [-0.3, -0.25) is 14.4 Å². The maximum Gasteiger partial charge on any atom is 0.417 e. The molecule has 14 heteroatoms. The topological polar surface area (TPSA) is 82.0 Å². The first-order chi connectivity index (χ1) is 24.5. The molecule has 1 aromatic heterocycles. The highest BCUT2D eigenvalue weighted by Gasteiger charge is 2.37. The molecule has 0 bridgehead atoms. The van der Waals surface area contributed by atoms with Crippen molar-refractivity contribution in [2.75, 3.05) is 57.8 Å². The average molecular weight is 751 g/mol. The third-order valence-electron chi connectivity index (χ3n) is 12.1. The number of fused-ring (bicyclic) bond motifs is 2. The Morgan fingerprint density at radius 2 is 1.69 bits per heavy atom. The first-order valence-corrected chi connectivity index (χ1v) is 21.9. The van der Waals surface area contributed by atoms with E-state index in [0.29, 0.717) is 55.0 Å². The number of carbonyl (C=O) groups is 1. The number of aromatic nitrogens is 2. The fourth-order valence-corrected chi connectivity index (χ4v) is 11.3. The molecule has 7 rings (SSSR count). The van der Waals surface area contributed by atoms with E-state index in [2.05, 4.69) is 14.7 Å². The number of likely N-dealkylation sites (tertiary alicyclic amines) is 3. The van der Waals surface area contributed by atoms with Crippen molar-refractivity contribution in [3.05, 3.63) is 35.0 Å². The van der Waals surface area contributed by atoms with E-state index in [1.807, 2.05) is 4.68 Å². The van der Waals surface area contributed by atoms with Crippen molar-refractivity contribution in [2.24, 2.45) is 5.92 Å². The monoisotopic (exact) mass is 750 g/mol. The van der Waals surface area contributed by atoms with Gasteiger partial charge in [-0.25, -0.2) is 8.42 Å². The molecule has 51 heavy (non-hydrogen) atoms. The van der Waals surface area contributed by atoms with Crippen molar-refractivity contribution in [1.29, 1.82) is 0 Å². The molecule has 9 nitrogen and oxygen atoms in total. The lowest BCUT2D eigenvalue weighted by atomic mass is 9.78. The molecule has 282 valence electrons. The van der Waals surface area contributed by atoms with Crippen molar-refractivity contribution in [3.63, 3.8) is 0 Å². The average Bonchev–Trinajstić information content (AvgIpc) is 3.71. The molecule has 1 aliphatic carbocycles. The van der Waals surface area contributed by atoms with Crippen LogP contribution in [0.15, 0.2) is 23.1 Å². The summed E-state index contributed by atoms with van der Waals surface area (Å²) in [4.78, 5) is 19.5. The number of nitrogens with zero attached hydrogens (tertiary/aromatic N) is 6. The van der Waals surface area contributed by atoms with E-state index in [-0.39, 0.29) is 17.3 Å². The van der Waals surface area contributed by atoms with Crippen LogP contribution in [-0.4, -0.2) is 113 Å². The van der Waals surface area contributed by atoms with Crippen molar-refractivity contribution in [3.8, 4) is 11.3 Å². The summed E-state index contributed by atoms with van der Waals surface area (Å²) in [6, 6.07) is 5.22. The van der Waals surface area contributed by atoms with Gasteiger partial charge in [0.25, 0.3) is 0 Å². The Kier molecular flexibility index (Phi) is 11.4. The quantitative estimate of drug-likeness (QED) is 0.257. The summed E-state index contributed by atoms with van der Waals surface area (Å²) in [7, 11) is -3.46. The number of rotatable bonds is 11. The third-order valence-corrected chi connectivity index (χ3v) is 14.4. The molecular formula is C37H53F3N6O3S2. The minimum Gasteiger partial charge on any atom is -0.340 e. The second-order valence-corrected chi connectivity index (χ2v) is 18.4. The van der Waals surface area contributed by atoms with Gasteiger partial charge in [-0.05, 0) is 82.5 Å². The van der Waals surface area contributed by atoms with Crippen LogP contribution in [0.1, 0.15) is 87.4 Å². The zero-order valence-electron chi connectivity index (χ0n) is 29.9. The lowest BCUT2D eigenvalue weighted by Crippen LogP contribution is -2.47. The van der Waals surface area contributed by atoms with E-state index in [0.717, 1.165) is 88.5 Å². The molecule has 2 atom stereocenters. The van der Waals surface area contributed by atoms with Crippen LogP contribution in [0.2, 0.25) is 0 Å². The maximum absolute atomic E-state index is 14.3. The Labute approximate surface area is 305 Å². The van der Waals surface area contributed by atoms with Crippen LogP contribution < -0.4 is 0 Å². The number of hydrogen-bond acceptors (Lipinski definition) is 7. The number of hydrogen-bond donors (Lipinski definition) is 0. The molecule has 5 heterocycles. The van der Waals surface area contributed by atoms with Gasteiger partial charge in [-0.1, -0.05) is 18.9 Å². The van der Waals surface area contributed by atoms with Gasteiger partial charge in [0.05, 0.1) is 17.5 Å². The number of alkyl halides is 3. The number of halogens is 3. The predicted octanol–water partition coefficient (Wildman–Crippen LogP) is 6.11. The summed E-state index contributed by atoms with van der Waals surface area (Å²) in [6.45, 7) is 6.62. The molecule has 1 saturated carbocycles. The molecule has 4 fully saturated rings. The van der Waals surface area contributed by atoms with Crippen LogP contribution >= 0.6 is 11.8 Å². The first-order valence-electron chi connectivity index (χ1n) is 19.1. The second kappa shape index (κ2) is 15.7. The molecule has 4 aliphatic heterocycles. The molecule has 0 N–H and O–H groups in total. The summed E-state index contributed by atoms with van der Waals surface area (Å²) in [5.74, 6) is 1.59. The van der Waals surface area contributed by atoms with E-state index in [9.17, 15) is 26.4 Å².